The summed E-state index contributed by atoms with van der Waals surface area (Å²) in [6, 6.07) is 24.8. The maximum absolute atomic E-state index is 13.8. The topological polar surface area (TPSA) is 118 Å². The van der Waals surface area contributed by atoms with Crippen LogP contribution in [-0.2, 0) is 36.8 Å². The van der Waals surface area contributed by atoms with E-state index in [1.54, 1.807) is 24.1 Å². The van der Waals surface area contributed by atoms with Crippen LogP contribution in [-0.4, -0.2) is 59.4 Å². The molecule has 4 rings (SSSR count). The number of esters is 2. The molecule has 0 aliphatic carbocycles. The Hall–Kier alpha value is -4.92. The summed E-state index contributed by atoms with van der Waals surface area (Å²) in [4.78, 5) is 55.8. The monoisotopic (exact) mass is 667 g/mol. The summed E-state index contributed by atoms with van der Waals surface area (Å²) in [5, 5.41) is 4.06. The summed E-state index contributed by atoms with van der Waals surface area (Å²) in [5.41, 5.74) is 3.27. The van der Waals surface area contributed by atoms with Crippen LogP contribution >= 0.6 is 0 Å². The largest absolute Gasteiger partial charge is 0.449 e. The first-order chi connectivity index (χ1) is 23.6. The van der Waals surface area contributed by atoms with Gasteiger partial charge in [-0.2, -0.15) is 0 Å². The van der Waals surface area contributed by atoms with Crippen molar-refractivity contribution in [3.05, 3.63) is 90.0 Å². The number of hydrogen-bond donors (Lipinski definition) is 2. The molecule has 3 aromatic carbocycles. The van der Waals surface area contributed by atoms with Crippen molar-refractivity contribution in [1.29, 1.82) is 0 Å². The zero-order valence-electron chi connectivity index (χ0n) is 29.2. The third-order valence-electron chi connectivity index (χ3n) is 8.64. The molecule has 0 saturated carbocycles. The van der Waals surface area contributed by atoms with Crippen LogP contribution in [0.25, 0.3) is 22.2 Å². The number of amides is 2. The summed E-state index contributed by atoms with van der Waals surface area (Å²) < 4.78 is 11.1. The van der Waals surface area contributed by atoms with E-state index >= 15 is 0 Å². The quantitative estimate of drug-likeness (QED) is 0.0660. The third-order valence-corrected chi connectivity index (χ3v) is 8.64. The van der Waals surface area contributed by atoms with E-state index in [0.29, 0.717) is 38.1 Å². The van der Waals surface area contributed by atoms with Gasteiger partial charge in [0.25, 0.3) is 5.91 Å². The predicted molar refractivity (Wildman–Crippen MR) is 192 cm³/mol. The third kappa shape index (κ3) is 10.5. The van der Waals surface area contributed by atoms with Crippen molar-refractivity contribution in [2.75, 3.05) is 20.1 Å². The van der Waals surface area contributed by atoms with Crippen LogP contribution in [0.3, 0.4) is 0 Å². The molecule has 260 valence electrons. The second-order valence-corrected chi connectivity index (χ2v) is 12.7. The molecule has 9 nitrogen and oxygen atoms in total. The summed E-state index contributed by atoms with van der Waals surface area (Å²) >= 11 is 0. The average Bonchev–Trinajstić information content (AvgIpc) is 3.44. The minimum absolute atomic E-state index is 0.0695. The van der Waals surface area contributed by atoms with E-state index < -0.39 is 11.6 Å². The van der Waals surface area contributed by atoms with Gasteiger partial charge in [-0.05, 0) is 72.7 Å². The van der Waals surface area contributed by atoms with Gasteiger partial charge in [-0.15, -0.1) is 0 Å². The molecule has 9 heteroatoms. The van der Waals surface area contributed by atoms with Crippen molar-refractivity contribution in [2.24, 2.45) is 0 Å². The van der Waals surface area contributed by atoms with E-state index in [-0.39, 0.29) is 24.2 Å². The van der Waals surface area contributed by atoms with Crippen molar-refractivity contribution < 1.29 is 28.7 Å². The van der Waals surface area contributed by atoms with Gasteiger partial charge in [0.2, 0.25) is 5.91 Å². The zero-order chi connectivity index (χ0) is 35.2. The van der Waals surface area contributed by atoms with Crippen LogP contribution in [0.1, 0.15) is 76.8 Å². The number of nitrogens with zero attached hydrogens (tertiary/aromatic N) is 1. The molecule has 4 aromatic rings. The number of fused-ring (bicyclic) bond motifs is 1. The van der Waals surface area contributed by atoms with Gasteiger partial charge in [0.15, 0.2) is 5.60 Å². The number of likely N-dealkylation sites (N-methyl/N-ethyl adjacent to an activating group) is 1. The summed E-state index contributed by atoms with van der Waals surface area (Å²) in [7, 11) is 1.78. The maximum atomic E-state index is 13.8. The number of benzene rings is 3. The summed E-state index contributed by atoms with van der Waals surface area (Å²) in [6.07, 6.45) is 5.97. The van der Waals surface area contributed by atoms with Crippen molar-refractivity contribution in [2.45, 2.75) is 84.2 Å². The number of nitrogens with one attached hydrogen (secondary N) is 2. The SMILES string of the molecule is CCCCN(C)C(=O)C(CCCCCCNC(=O)Cc1c(-c2ccc(OC(C)=O)cc2)[nH]c2ccccc12)(Cc1ccccc1)OC(C)=O. The molecule has 0 radical (unpaired) electrons. The number of unbranched alkanes of at least 4 members (excludes halogenated alkanes) is 4. The Kier molecular flexibility index (Phi) is 13.6. The second kappa shape index (κ2) is 18.0. The zero-order valence-corrected chi connectivity index (χ0v) is 29.2. The second-order valence-electron chi connectivity index (χ2n) is 12.7. The molecule has 0 fully saturated rings. The Morgan fingerprint density at radius 2 is 1.51 bits per heavy atom. The predicted octanol–water partition coefficient (Wildman–Crippen LogP) is 7.17. The van der Waals surface area contributed by atoms with Gasteiger partial charge in [-0.1, -0.05) is 74.7 Å². The number of aromatic amines is 1. The van der Waals surface area contributed by atoms with Crippen LogP contribution < -0.4 is 10.1 Å². The molecule has 2 amide bonds. The number of hydrogen-bond acceptors (Lipinski definition) is 6. The molecule has 0 aliphatic heterocycles. The van der Waals surface area contributed by atoms with Crippen molar-refractivity contribution in [1.82, 2.24) is 15.2 Å². The minimum Gasteiger partial charge on any atom is -0.449 e. The van der Waals surface area contributed by atoms with Crippen LogP contribution in [0, 0.1) is 0 Å². The highest BCUT2D eigenvalue weighted by Gasteiger charge is 2.43. The molecule has 1 atom stereocenters. The summed E-state index contributed by atoms with van der Waals surface area (Å²) in [6.45, 7) is 5.95. The number of aromatic nitrogens is 1. The molecule has 0 saturated heterocycles. The number of rotatable bonds is 18. The smallest absolute Gasteiger partial charge is 0.308 e. The first kappa shape index (κ1) is 36.9. The fraction of sp³-hybridized carbons (Fsp3) is 0.400. The van der Waals surface area contributed by atoms with E-state index in [1.807, 2.05) is 66.7 Å². The number of H-pyrrole nitrogens is 1. The van der Waals surface area contributed by atoms with Gasteiger partial charge < -0.3 is 24.7 Å². The molecule has 0 aliphatic rings. The van der Waals surface area contributed by atoms with E-state index in [4.69, 9.17) is 9.47 Å². The average molecular weight is 668 g/mol. The standard InChI is InChI=1S/C40H49N3O6/c1-5-6-26-43(4)39(47)40(49-30(3)45,28-31-16-10-9-11-17-31)24-14-7-8-15-25-41-37(46)27-35-34-18-12-13-19-36(34)42-38(35)32-20-22-33(23-21-32)48-29(2)44/h9-13,16-23,42H,5-8,14-15,24-28H2,1-4H3,(H,41,46). The van der Waals surface area contributed by atoms with Crippen LogP contribution in [0.5, 0.6) is 5.75 Å². The van der Waals surface area contributed by atoms with E-state index in [2.05, 4.69) is 17.2 Å². The lowest BCUT2D eigenvalue weighted by atomic mass is 9.87. The van der Waals surface area contributed by atoms with Crippen molar-refractivity contribution in [3.63, 3.8) is 0 Å². The van der Waals surface area contributed by atoms with Crippen molar-refractivity contribution in [3.8, 4) is 17.0 Å². The van der Waals surface area contributed by atoms with Gasteiger partial charge in [-0.3, -0.25) is 19.2 Å². The first-order valence-corrected chi connectivity index (χ1v) is 17.3. The molecular formula is C40H49N3O6. The highest BCUT2D eigenvalue weighted by atomic mass is 16.6. The Morgan fingerprint density at radius 3 is 2.20 bits per heavy atom. The van der Waals surface area contributed by atoms with Gasteiger partial charge in [-0.25, -0.2) is 0 Å². The first-order valence-electron chi connectivity index (χ1n) is 17.3. The van der Waals surface area contributed by atoms with Crippen LogP contribution in [0.15, 0.2) is 78.9 Å². The normalized spacial score (nSPS) is 12.2. The number of carbonyl (C=O) groups excluding carboxylic acids is 4. The van der Waals surface area contributed by atoms with E-state index in [0.717, 1.165) is 65.4 Å². The highest BCUT2D eigenvalue weighted by Crippen LogP contribution is 2.32. The van der Waals surface area contributed by atoms with Crippen LogP contribution in [0.2, 0.25) is 0 Å². The molecule has 1 unspecified atom stereocenters. The van der Waals surface area contributed by atoms with Gasteiger partial charge >= 0.3 is 11.9 Å². The lowest BCUT2D eigenvalue weighted by Gasteiger charge is -2.35. The molecular weight excluding hydrogens is 618 g/mol. The van der Waals surface area contributed by atoms with Crippen molar-refractivity contribution >= 4 is 34.7 Å². The van der Waals surface area contributed by atoms with Gasteiger partial charge in [0, 0.05) is 51.3 Å². The lowest BCUT2D eigenvalue weighted by Crippen LogP contribution is -2.52. The van der Waals surface area contributed by atoms with Gasteiger partial charge in [0.1, 0.15) is 5.75 Å². The minimum atomic E-state index is -1.26. The highest BCUT2D eigenvalue weighted by molar-refractivity contribution is 5.95. The van der Waals surface area contributed by atoms with Gasteiger partial charge in [0.05, 0.1) is 12.1 Å². The van der Waals surface area contributed by atoms with E-state index in [1.165, 1.54) is 13.8 Å². The lowest BCUT2D eigenvalue weighted by molar-refractivity contribution is -0.173. The Labute approximate surface area is 289 Å². The Morgan fingerprint density at radius 1 is 0.816 bits per heavy atom. The fourth-order valence-electron chi connectivity index (χ4n) is 6.27. The Bertz CT molecular complexity index is 1700. The maximum Gasteiger partial charge on any atom is 0.308 e. The fourth-order valence-corrected chi connectivity index (χ4v) is 6.27. The van der Waals surface area contributed by atoms with E-state index in [9.17, 15) is 19.2 Å². The molecule has 1 aromatic heterocycles. The molecule has 1 heterocycles. The Balaban J connectivity index is 1.34. The number of para-hydroxylation sites is 1. The molecule has 0 bridgehead atoms. The number of carbonyl (C=O) groups is 4. The molecule has 0 spiro atoms. The van der Waals surface area contributed by atoms with Crippen LogP contribution in [0.4, 0.5) is 0 Å². The molecule has 49 heavy (non-hydrogen) atoms. The summed E-state index contributed by atoms with van der Waals surface area (Å²) in [5.74, 6) is -0.613. The number of ether oxygens (including phenoxy) is 2. The molecule has 2 N–H and O–H groups in total.